The quantitative estimate of drug-likeness (QED) is 0.0319. The molecule has 3 aromatic heterocycles. The Balaban J connectivity index is 0.856. The molecule has 1 fully saturated rings. The summed E-state index contributed by atoms with van der Waals surface area (Å²) >= 11 is 9.41. The molecule has 20 heteroatoms. The zero-order valence-electron chi connectivity index (χ0n) is 42.0. The second-order valence-electron chi connectivity index (χ2n) is 19.7. The van der Waals surface area contributed by atoms with E-state index in [2.05, 4.69) is 39.7 Å². The van der Waals surface area contributed by atoms with Crippen molar-refractivity contribution in [2.24, 2.45) is 16.3 Å². The van der Waals surface area contributed by atoms with Gasteiger partial charge in [0.2, 0.25) is 17.7 Å². The summed E-state index contributed by atoms with van der Waals surface area (Å²) in [5.41, 5.74) is 7.80. The van der Waals surface area contributed by atoms with E-state index in [1.165, 1.54) is 17.0 Å². The fourth-order valence-electron chi connectivity index (χ4n) is 9.20. The number of benzene rings is 3. The van der Waals surface area contributed by atoms with Crippen LogP contribution in [0.15, 0.2) is 77.2 Å². The number of nitrogens with one attached hydrogen (secondary N) is 2. The first-order valence-corrected chi connectivity index (χ1v) is 26.2. The molecule has 0 spiro atoms. The number of rotatable bonds is 16. The first kappa shape index (κ1) is 52.9. The molecule has 0 saturated carbocycles. The van der Waals surface area contributed by atoms with Crippen molar-refractivity contribution in [1.82, 2.24) is 40.3 Å². The standard InChI is InChI=1S/C53H60ClFN10O6S2/c1-28-31(4)73-52-45(28)46(35-14-16-37(54)17-15-35)59-41(49-62-61-32(5)64(49)52)25-44(68)57-19-20-71-40-22-33(21-38(55)23-40)9-18-43(67)60-48(53(6,7)8)51(70)63-26-39(66)24-42(63)50(69)65(56)30(3)34-10-12-36(13-11-34)47-29(2)58-27-72-47/h10-17,21-23,27,30,39,41-42,48,66H,9,18-20,24-26,56H2,1-8H3,(H,57,68)(H,60,67)/t30-,39+,41-,42-,48+/m0/s1. The number of carbonyl (C=O) groups is 4. The number of hydrazine groups is 1. The molecule has 2 aliphatic rings. The largest absolute Gasteiger partial charge is 0.492 e. The second kappa shape index (κ2) is 22.0. The highest BCUT2D eigenvalue weighted by Crippen LogP contribution is 2.40. The van der Waals surface area contributed by atoms with Crippen molar-refractivity contribution in [2.45, 2.75) is 111 Å². The van der Waals surface area contributed by atoms with Crippen LogP contribution >= 0.6 is 34.3 Å². The summed E-state index contributed by atoms with van der Waals surface area (Å²) in [6.07, 6.45) is -0.993. The molecule has 4 amide bonds. The number of ether oxygens (including phenoxy) is 1. The molecule has 1 saturated heterocycles. The summed E-state index contributed by atoms with van der Waals surface area (Å²) in [6, 6.07) is 16.0. The average molecular weight is 1050 g/mol. The van der Waals surface area contributed by atoms with Crippen molar-refractivity contribution in [3.8, 4) is 21.2 Å². The predicted octanol–water partition coefficient (Wildman–Crippen LogP) is 7.84. The normalized spacial score (nSPS) is 17.2. The number of aliphatic imine (C=N–C) groups is 1. The number of aliphatic hydroxyl groups is 1. The summed E-state index contributed by atoms with van der Waals surface area (Å²) in [7, 11) is 0. The first-order valence-electron chi connectivity index (χ1n) is 24.1. The van der Waals surface area contributed by atoms with Crippen molar-refractivity contribution < 1.29 is 33.4 Å². The van der Waals surface area contributed by atoms with Crippen LogP contribution in [0.4, 0.5) is 4.39 Å². The van der Waals surface area contributed by atoms with Gasteiger partial charge in [-0.15, -0.1) is 32.9 Å². The smallest absolute Gasteiger partial charge is 0.259 e. The zero-order valence-corrected chi connectivity index (χ0v) is 44.4. The van der Waals surface area contributed by atoms with Crippen LogP contribution in [0.25, 0.3) is 15.4 Å². The molecule has 73 heavy (non-hydrogen) atoms. The molecule has 5 heterocycles. The Morgan fingerprint density at radius 2 is 1.71 bits per heavy atom. The number of nitrogens with zero attached hydrogens (tertiary/aromatic N) is 7. The molecule has 0 aliphatic carbocycles. The molecule has 2 aliphatic heterocycles. The lowest BCUT2D eigenvalue weighted by Gasteiger charge is -2.36. The number of aliphatic hydroxyl groups excluding tert-OH is 1. The van der Waals surface area contributed by atoms with E-state index in [0.29, 0.717) is 22.2 Å². The predicted molar refractivity (Wildman–Crippen MR) is 280 cm³/mol. The minimum atomic E-state index is -1.07. The van der Waals surface area contributed by atoms with Crippen LogP contribution in [0.3, 0.4) is 0 Å². The van der Waals surface area contributed by atoms with E-state index in [1.807, 2.05) is 66.9 Å². The van der Waals surface area contributed by atoms with Gasteiger partial charge in [0.25, 0.3) is 5.91 Å². The lowest BCUT2D eigenvalue weighted by atomic mass is 9.85. The van der Waals surface area contributed by atoms with E-state index in [-0.39, 0.29) is 57.0 Å². The summed E-state index contributed by atoms with van der Waals surface area (Å²) in [4.78, 5) is 68.4. The van der Waals surface area contributed by atoms with Gasteiger partial charge in [-0.05, 0) is 93.0 Å². The van der Waals surface area contributed by atoms with Crippen molar-refractivity contribution in [2.75, 3.05) is 19.7 Å². The van der Waals surface area contributed by atoms with Gasteiger partial charge in [0, 0.05) is 46.5 Å². The van der Waals surface area contributed by atoms with Crippen LogP contribution in [0.1, 0.15) is 109 Å². The Labute approximate surface area is 436 Å². The number of amides is 4. The number of aryl methyl sites for hydroxylation is 4. The number of hydrogen-bond acceptors (Lipinski definition) is 13. The molecular formula is C53H60ClFN10O6S2. The Bertz CT molecular complexity index is 3060. The van der Waals surface area contributed by atoms with Gasteiger partial charge in [-0.2, -0.15) is 0 Å². The van der Waals surface area contributed by atoms with Gasteiger partial charge in [0.15, 0.2) is 5.82 Å². The van der Waals surface area contributed by atoms with Gasteiger partial charge < -0.3 is 25.4 Å². The van der Waals surface area contributed by atoms with Crippen LogP contribution in [-0.2, 0) is 25.6 Å². The highest BCUT2D eigenvalue weighted by Gasteiger charge is 2.46. The summed E-state index contributed by atoms with van der Waals surface area (Å²) in [6.45, 7) is 15.1. The fraction of sp³-hybridized carbons (Fsp3) is 0.396. The Morgan fingerprint density at radius 3 is 2.40 bits per heavy atom. The fourth-order valence-corrected chi connectivity index (χ4v) is 11.4. The molecule has 5 atom stereocenters. The summed E-state index contributed by atoms with van der Waals surface area (Å²) < 4.78 is 22.8. The molecule has 0 unspecified atom stereocenters. The van der Waals surface area contributed by atoms with Gasteiger partial charge in [-0.1, -0.05) is 68.8 Å². The minimum absolute atomic E-state index is 0.0150. The van der Waals surface area contributed by atoms with E-state index in [4.69, 9.17) is 27.2 Å². The minimum Gasteiger partial charge on any atom is -0.492 e. The monoisotopic (exact) mass is 1050 g/mol. The Kier molecular flexibility index (Phi) is 15.9. The molecule has 5 N–H and O–H groups in total. The number of likely N-dealkylation sites (tertiary alicyclic amines) is 1. The topological polar surface area (TPSA) is 210 Å². The number of carbonyl (C=O) groups excluding carboxylic acids is 4. The number of aromatic nitrogens is 4. The second-order valence-corrected chi connectivity index (χ2v) is 22.2. The van der Waals surface area contributed by atoms with E-state index in [0.717, 1.165) is 59.0 Å². The number of fused-ring (bicyclic) bond motifs is 3. The van der Waals surface area contributed by atoms with Crippen molar-refractivity contribution in [1.29, 1.82) is 0 Å². The van der Waals surface area contributed by atoms with E-state index in [9.17, 15) is 28.7 Å². The summed E-state index contributed by atoms with van der Waals surface area (Å²) in [5, 5.41) is 28.0. The molecule has 0 radical (unpaired) electrons. The maximum Gasteiger partial charge on any atom is 0.259 e. The van der Waals surface area contributed by atoms with Gasteiger partial charge >= 0.3 is 0 Å². The number of thiophene rings is 1. The number of nitrogens with two attached hydrogens (primary N) is 1. The van der Waals surface area contributed by atoms with Crippen LogP contribution in [-0.4, -0.2) is 102 Å². The lowest BCUT2D eigenvalue weighted by molar-refractivity contribution is -0.148. The number of hydrogen-bond donors (Lipinski definition) is 4. The number of thiazole rings is 1. The molecule has 0 bridgehead atoms. The summed E-state index contributed by atoms with van der Waals surface area (Å²) in [5.74, 6) is 5.49. The molecular weight excluding hydrogens is 991 g/mol. The van der Waals surface area contributed by atoms with Crippen molar-refractivity contribution >= 4 is 63.6 Å². The third-order valence-corrected chi connectivity index (χ3v) is 15.8. The molecule has 384 valence electrons. The maximum atomic E-state index is 15.0. The Hall–Kier alpha value is -6.38. The van der Waals surface area contributed by atoms with Gasteiger partial charge in [-0.3, -0.25) is 33.7 Å². The van der Waals surface area contributed by atoms with E-state index < -0.39 is 59.2 Å². The third-order valence-electron chi connectivity index (χ3n) is 13.3. The molecule has 3 aromatic carbocycles. The molecule has 16 nitrogen and oxygen atoms in total. The lowest BCUT2D eigenvalue weighted by Crippen LogP contribution is -2.58. The first-order chi connectivity index (χ1) is 34.7. The third kappa shape index (κ3) is 11.7. The van der Waals surface area contributed by atoms with Crippen LogP contribution in [0.2, 0.25) is 5.02 Å². The average Bonchev–Trinajstić information content (AvgIpc) is 4.12. The van der Waals surface area contributed by atoms with Crippen LogP contribution in [0, 0.1) is 38.9 Å². The highest BCUT2D eigenvalue weighted by atomic mass is 35.5. The van der Waals surface area contributed by atoms with Gasteiger partial charge in [0.1, 0.15) is 47.1 Å². The van der Waals surface area contributed by atoms with Crippen molar-refractivity contribution in [3.05, 3.63) is 133 Å². The SMILES string of the molecule is Cc1ncsc1-c1ccc([C@H](C)N(N)C(=O)[C@@H]2C[C@@H](O)CN2C(=O)[C@@H](NC(=O)CCc2cc(F)cc(OCCNC(=O)C[C@@H]3N=C(c4ccc(Cl)cc4)c4c(sc(C)c4C)-n4c(C)nnc43)c2)C(C)(C)C)cc1. The van der Waals surface area contributed by atoms with Gasteiger partial charge in [-0.25, -0.2) is 15.2 Å². The highest BCUT2D eigenvalue weighted by molar-refractivity contribution is 7.15. The van der Waals surface area contributed by atoms with Crippen LogP contribution < -0.4 is 21.2 Å². The van der Waals surface area contributed by atoms with Crippen LogP contribution in [0.5, 0.6) is 5.75 Å². The number of halogens is 2. The van der Waals surface area contributed by atoms with E-state index >= 15 is 0 Å². The zero-order chi connectivity index (χ0) is 52.5. The maximum absolute atomic E-state index is 15.0. The Morgan fingerprint density at radius 1 is 1.00 bits per heavy atom. The molecule has 6 aromatic rings. The number of β-amino-alcohol motifs (C(OH)–C–C–N with tert-alkyl or cyclic N) is 1. The van der Waals surface area contributed by atoms with Crippen molar-refractivity contribution in [3.63, 3.8) is 0 Å². The van der Waals surface area contributed by atoms with E-state index in [1.54, 1.807) is 61.9 Å². The molecule has 8 rings (SSSR count). The van der Waals surface area contributed by atoms with Gasteiger partial charge in [0.05, 0.1) is 46.9 Å².